The quantitative estimate of drug-likeness (QED) is 0.506. The number of carbonyl (C=O) groups is 1. The van der Waals surface area contributed by atoms with E-state index in [1.165, 1.54) is 25.3 Å². The molecule has 1 fully saturated rings. The molecule has 3 nitrogen and oxygen atoms in total. The molecule has 0 unspecified atom stereocenters. The number of rotatable bonds is 4. The molecule has 0 N–H and O–H groups in total. The summed E-state index contributed by atoms with van der Waals surface area (Å²) < 4.78 is 4.79. The first-order valence-corrected chi connectivity index (χ1v) is 5.38. The van der Waals surface area contributed by atoms with Crippen molar-refractivity contribution in [2.45, 2.75) is 26.2 Å². The van der Waals surface area contributed by atoms with Gasteiger partial charge >= 0.3 is 5.97 Å². The zero-order valence-electron chi connectivity index (χ0n) is 8.87. The second-order valence-corrected chi connectivity index (χ2v) is 3.52. The van der Waals surface area contributed by atoms with Crippen LogP contribution in [0.4, 0.5) is 0 Å². The Balaban J connectivity index is 2.14. The van der Waals surface area contributed by atoms with Crippen molar-refractivity contribution in [3.63, 3.8) is 0 Å². The van der Waals surface area contributed by atoms with Gasteiger partial charge in [0.1, 0.15) is 0 Å². The van der Waals surface area contributed by atoms with Crippen LogP contribution in [0.3, 0.4) is 0 Å². The Hall–Kier alpha value is -0.830. The number of likely N-dealkylation sites (tertiary alicyclic amines) is 1. The maximum Gasteiger partial charge on any atom is 0.330 e. The lowest BCUT2D eigenvalue weighted by Crippen LogP contribution is -2.29. The maximum absolute atomic E-state index is 11.0. The van der Waals surface area contributed by atoms with E-state index in [-0.39, 0.29) is 5.97 Å². The fourth-order valence-electron chi connectivity index (χ4n) is 1.63. The van der Waals surface area contributed by atoms with Gasteiger partial charge < -0.3 is 4.74 Å². The Kier molecular flexibility index (Phi) is 5.30. The minimum absolute atomic E-state index is 0.232. The number of carbonyl (C=O) groups excluding carboxylic acids is 1. The Morgan fingerprint density at radius 2 is 2.07 bits per heavy atom. The third-order valence-electron chi connectivity index (χ3n) is 2.35. The highest BCUT2D eigenvalue weighted by molar-refractivity contribution is 5.81. The molecule has 0 aromatic rings. The molecule has 3 heteroatoms. The lowest BCUT2D eigenvalue weighted by atomic mass is 10.1. The summed E-state index contributed by atoms with van der Waals surface area (Å²) in [7, 11) is 0. The molecule has 0 bridgehead atoms. The average molecular weight is 197 g/mol. The van der Waals surface area contributed by atoms with Gasteiger partial charge in [-0.3, -0.25) is 4.90 Å². The molecule has 1 aliphatic heterocycles. The Labute approximate surface area is 85.7 Å². The molecule has 0 spiro atoms. The zero-order valence-corrected chi connectivity index (χ0v) is 8.87. The minimum Gasteiger partial charge on any atom is -0.463 e. The molecule has 14 heavy (non-hydrogen) atoms. The number of nitrogens with zero attached hydrogens (tertiary/aromatic N) is 1. The van der Waals surface area contributed by atoms with Crippen molar-refractivity contribution in [3.05, 3.63) is 12.2 Å². The summed E-state index contributed by atoms with van der Waals surface area (Å²) in [4.78, 5) is 13.3. The Bertz CT molecular complexity index is 195. The second-order valence-electron chi connectivity index (χ2n) is 3.52. The van der Waals surface area contributed by atoms with E-state index in [0.29, 0.717) is 6.61 Å². The number of hydrogen-bond donors (Lipinski definition) is 0. The number of piperidine rings is 1. The molecule has 0 atom stereocenters. The van der Waals surface area contributed by atoms with Gasteiger partial charge in [0.15, 0.2) is 0 Å². The van der Waals surface area contributed by atoms with E-state index >= 15 is 0 Å². The van der Waals surface area contributed by atoms with Gasteiger partial charge in [0.2, 0.25) is 0 Å². The van der Waals surface area contributed by atoms with E-state index in [1.807, 2.05) is 13.0 Å². The topological polar surface area (TPSA) is 29.5 Å². The highest BCUT2D eigenvalue weighted by Crippen LogP contribution is 2.07. The van der Waals surface area contributed by atoms with Gasteiger partial charge in [-0.15, -0.1) is 0 Å². The summed E-state index contributed by atoms with van der Waals surface area (Å²) in [6.45, 7) is 5.46. The summed E-state index contributed by atoms with van der Waals surface area (Å²) >= 11 is 0. The van der Waals surface area contributed by atoms with E-state index in [1.54, 1.807) is 0 Å². The average Bonchev–Trinajstić information content (AvgIpc) is 2.20. The molecule has 0 aromatic heterocycles. The van der Waals surface area contributed by atoms with Crippen LogP contribution in [0.15, 0.2) is 12.2 Å². The molecule has 1 rings (SSSR count). The largest absolute Gasteiger partial charge is 0.463 e. The summed E-state index contributed by atoms with van der Waals surface area (Å²) in [6.07, 6.45) is 7.33. The molecular weight excluding hydrogens is 178 g/mol. The molecule has 0 aromatic carbocycles. The predicted molar refractivity (Wildman–Crippen MR) is 56.1 cm³/mol. The number of esters is 1. The van der Waals surface area contributed by atoms with E-state index in [9.17, 15) is 4.79 Å². The van der Waals surface area contributed by atoms with Crippen molar-refractivity contribution in [3.8, 4) is 0 Å². The van der Waals surface area contributed by atoms with Crippen LogP contribution in [0.1, 0.15) is 26.2 Å². The van der Waals surface area contributed by atoms with Gasteiger partial charge in [-0.2, -0.15) is 0 Å². The first kappa shape index (κ1) is 11.2. The lowest BCUT2D eigenvalue weighted by molar-refractivity contribution is -0.137. The van der Waals surface area contributed by atoms with Gasteiger partial charge in [0.05, 0.1) is 6.61 Å². The smallest absolute Gasteiger partial charge is 0.330 e. The van der Waals surface area contributed by atoms with Crippen molar-refractivity contribution >= 4 is 5.97 Å². The molecule has 1 heterocycles. The van der Waals surface area contributed by atoms with E-state index < -0.39 is 0 Å². The van der Waals surface area contributed by atoms with Crippen LogP contribution in [0, 0.1) is 0 Å². The van der Waals surface area contributed by atoms with Crippen LogP contribution in [-0.4, -0.2) is 37.1 Å². The second kappa shape index (κ2) is 6.60. The molecule has 0 radical (unpaired) electrons. The molecule has 80 valence electrons. The van der Waals surface area contributed by atoms with Crippen molar-refractivity contribution < 1.29 is 9.53 Å². The van der Waals surface area contributed by atoms with Crippen LogP contribution in [0.25, 0.3) is 0 Å². The first-order valence-electron chi connectivity index (χ1n) is 5.38. The Morgan fingerprint density at radius 1 is 1.36 bits per heavy atom. The lowest BCUT2D eigenvalue weighted by Gasteiger charge is -2.24. The first-order chi connectivity index (χ1) is 6.83. The van der Waals surface area contributed by atoms with Gasteiger partial charge in [0, 0.05) is 12.6 Å². The fraction of sp³-hybridized carbons (Fsp3) is 0.727. The maximum atomic E-state index is 11.0. The zero-order chi connectivity index (χ0) is 10.2. The summed E-state index contributed by atoms with van der Waals surface area (Å²) in [5.74, 6) is -0.232. The minimum atomic E-state index is -0.232. The van der Waals surface area contributed by atoms with Crippen LogP contribution < -0.4 is 0 Å². The fourth-order valence-corrected chi connectivity index (χ4v) is 1.63. The summed E-state index contributed by atoms with van der Waals surface area (Å²) in [5, 5.41) is 0. The monoisotopic (exact) mass is 197 g/mol. The third kappa shape index (κ3) is 4.42. The molecule has 1 saturated heterocycles. The summed E-state index contributed by atoms with van der Waals surface area (Å²) in [5.41, 5.74) is 0. The Morgan fingerprint density at radius 3 is 2.71 bits per heavy atom. The molecule has 1 aliphatic rings. The predicted octanol–water partition coefficient (Wildman–Crippen LogP) is 1.59. The van der Waals surface area contributed by atoms with Gasteiger partial charge in [-0.25, -0.2) is 4.79 Å². The molecule has 0 saturated carbocycles. The third-order valence-corrected chi connectivity index (χ3v) is 2.35. The number of ether oxygens (including phenoxy) is 1. The van der Waals surface area contributed by atoms with Crippen LogP contribution >= 0.6 is 0 Å². The van der Waals surface area contributed by atoms with Crippen molar-refractivity contribution in [1.29, 1.82) is 0 Å². The SMILES string of the molecule is CCOC(=O)/C=C/CN1CCCCC1. The van der Waals surface area contributed by atoms with Crippen LogP contribution in [-0.2, 0) is 9.53 Å². The van der Waals surface area contributed by atoms with E-state index in [2.05, 4.69) is 4.90 Å². The highest BCUT2D eigenvalue weighted by Gasteiger charge is 2.07. The van der Waals surface area contributed by atoms with Crippen molar-refractivity contribution in [1.82, 2.24) is 4.90 Å². The van der Waals surface area contributed by atoms with Crippen molar-refractivity contribution in [2.24, 2.45) is 0 Å². The number of hydrogen-bond acceptors (Lipinski definition) is 3. The van der Waals surface area contributed by atoms with E-state index in [4.69, 9.17) is 4.74 Å². The van der Waals surface area contributed by atoms with Crippen LogP contribution in [0.2, 0.25) is 0 Å². The van der Waals surface area contributed by atoms with E-state index in [0.717, 1.165) is 19.6 Å². The summed E-state index contributed by atoms with van der Waals surface area (Å²) in [6, 6.07) is 0. The highest BCUT2D eigenvalue weighted by atomic mass is 16.5. The standard InChI is InChI=1S/C11H19NO2/c1-2-14-11(13)7-6-10-12-8-4-3-5-9-12/h6-7H,2-5,8-10H2,1H3/b7-6+. The molecular formula is C11H19NO2. The van der Waals surface area contributed by atoms with Gasteiger partial charge in [-0.1, -0.05) is 12.5 Å². The molecule has 0 aliphatic carbocycles. The normalized spacial score (nSPS) is 18.6. The van der Waals surface area contributed by atoms with Gasteiger partial charge in [-0.05, 0) is 32.9 Å². The van der Waals surface area contributed by atoms with Crippen LogP contribution in [0.5, 0.6) is 0 Å². The van der Waals surface area contributed by atoms with Gasteiger partial charge in [0.25, 0.3) is 0 Å². The van der Waals surface area contributed by atoms with Crippen molar-refractivity contribution in [2.75, 3.05) is 26.2 Å². The molecule has 0 amide bonds.